The van der Waals surface area contributed by atoms with E-state index in [4.69, 9.17) is 4.74 Å². The fraction of sp³-hybridized carbons (Fsp3) is 0.316. The summed E-state index contributed by atoms with van der Waals surface area (Å²) in [5, 5.41) is 6.01. The van der Waals surface area contributed by atoms with Crippen LogP contribution in [0.3, 0.4) is 0 Å². The second-order valence-corrected chi connectivity index (χ2v) is 5.97. The van der Waals surface area contributed by atoms with Gasteiger partial charge in [0.1, 0.15) is 5.69 Å². The molecule has 1 aromatic heterocycles. The molecule has 136 valence electrons. The van der Waals surface area contributed by atoms with Crippen LogP contribution in [0.2, 0.25) is 0 Å². The Bertz CT molecular complexity index is 753. The highest BCUT2D eigenvalue weighted by atomic mass is 16.5. The lowest BCUT2D eigenvalue weighted by Gasteiger charge is -2.12. The Morgan fingerprint density at radius 2 is 1.96 bits per heavy atom. The first-order chi connectivity index (χ1) is 12.7. The Labute approximate surface area is 151 Å². The highest BCUT2D eigenvalue weighted by Gasteiger charge is 2.15. The summed E-state index contributed by atoms with van der Waals surface area (Å²) >= 11 is 0. The van der Waals surface area contributed by atoms with Crippen LogP contribution in [0.1, 0.15) is 33.7 Å². The number of anilines is 2. The number of nitrogens with one attached hydrogen (secondary N) is 2. The number of methoxy groups -OCH3 is 1. The number of benzene rings is 1. The fourth-order valence-corrected chi connectivity index (χ4v) is 2.67. The van der Waals surface area contributed by atoms with Gasteiger partial charge in [0.25, 0.3) is 5.91 Å². The number of rotatable bonds is 6. The van der Waals surface area contributed by atoms with Crippen LogP contribution in [0.25, 0.3) is 0 Å². The van der Waals surface area contributed by atoms with Crippen molar-refractivity contribution in [3.8, 4) is 0 Å². The molecule has 2 aromatic rings. The Hall–Kier alpha value is -2.93. The van der Waals surface area contributed by atoms with Gasteiger partial charge < -0.3 is 20.1 Å². The maximum absolute atomic E-state index is 12.3. The molecule has 26 heavy (non-hydrogen) atoms. The summed E-state index contributed by atoms with van der Waals surface area (Å²) in [5.74, 6) is -0.739. The van der Waals surface area contributed by atoms with Crippen molar-refractivity contribution in [2.75, 3.05) is 30.9 Å². The molecule has 7 nitrogen and oxygen atoms in total. The molecular formula is C19H21N3O4. The third-order valence-electron chi connectivity index (χ3n) is 4.12. The minimum absolute atomic E-state index is 0.242. The second-order valence-electron chi connectivity index (χ2n) is 5.97. The standard InChI is InChI=1S/C19H21N3O4/c1-25-19(24)13-4-6-14(7-5-13)22-18(23)17-9-8-15(11-21-17)20-12-16-3-2-10-26-16/h4-9,11,16,20H,2-3,10,12H2,1H3,(H,22,23). The number of carbonyl (C=O) groups is 2. The summed E-state index contributed by atoms with van der Waals surface area (Å²) in [4.78, 5) is 27.9. The summed E-state index contributed by atoms with van der Waals surface area (Å²) in [7, 11) is 1.32. The zero-order valence-electron chi connectivity index (χ0n) is 14.5. The molecule has 1 atom stereocenters. The van der Waals surface area contributed by atoms with Crippen molar-refractivity contribution in [1.82, 2.24) is 4.98 Å². The van der Waals surface area contributed by atoms with E-state index in [2.05, 4.69) is 20.4 Å². The summed E-state index contributed by atoms with van der Waals surface area (Å²) in [6.07, 6.45) is 4.04. The molecule has 1 aliphatic heterocycles. The van der Waals surface area contributed by atoms with Gasteiger partial charge in [-0.05, 0) is 49.2 Å². The first-order valence-electron chi connectivity index (χ1n) is 8.47. The first kappa shape index (κ1) is 17.9. The molecule has 1 aromatic carbocycles. The van der Waals surface area contributed by atoms with Gasteiger partial charge in [0.15, 0.2) is 0 Å². The predicted octanol–water partition coefficient (Wildman–Crippen LogP) is 2.71. The molecule has 1 fully saturated rings. The average Bonchev–Trinajstić information content (AvgIpc) is 3.20. The number of hydrogen-bond acceptors (Lipinski definition) is 6. The van der Waals surface area contributed by atoms with Crippen molar-refractivity contribution in [2.24, 2.45) is 0 Å². The SMILES string of the molecule is COC(=O)c1ccc(NC(=O)c2ccc(NCC3CCCO3)cn2)cc1. The van der Waals surface area contributed by atoms with Gasteiger partial charge in [-0.3, -0.25) is 4.79 Å². The molecule has 0 aliphatic carbocycles. The van der Waals surface area contributed by atoms with Crippen molar-refractivity contribution < 1.29 is 19.1 Å². The van der Waals surface area contributed by atoms with Crippen molar-refractivity contribution >= 4 is 23.3 Å². The zero-order chi connectivity index (χ0) is 18.4. The lowest BCUT2D eigenvalue weighted by molar-refractivity contribution is 0.0600. The molecule has 2 N–H and O–H groups in total. The summed E-state index contributed by atoms with van der Waals surface area (Å²) in [6, 6.07) is 9.94. The summed E-state index contributed by atoms with van der Waals surface area (Å²) in [5.41, 5.74) is 2.15. The number of pyridine rings is 1. The lowest BCUT2D eigenvalue weighted by atomic mass is 10.2. The molecular weight excluding hydrogens is 334 g/mol. The second kappa shape index (κ2) is 8.44. The molecule has 0 radical (unpaired) electrons. The van der Waals surface area contributed by atoms with E-state index in [0.717, 1.165) is 31.7 Å². The molecule has 7 heteroatoms. The number of aromatic nitrogens is 1. The summed E-state index contributed by atoms with van der Waals surface area (Å²) < 4.78 is 10.2. The van der Waals surface area contributed by atoms with Gasteiger partial charge in [-0.2, -0.15) is 0 Å². The van der Waals surface area contributed by atoms with Crippen molar-refractivity contribution in [3.63, 3.8) is 0 Å². The van der Waals surface area contributed by atoms with Crippen molar-refractivity contribution in [2.45, 2.75) is 18.9 Å². The Morgan fingerprint density at radius 1 is 1.19 bits per heavy atom. The van der Waals surface area contributed by atoms with E-state index in [1.807, 2.05) is 6.07 Å². The van der Waals surface area contributed by atoms with Gasteiger partial charge in [0.2, 0.25) is 0 Å². The van der Waals surface area contributed by atoms with Crippen LogP contribution in [0.4, 0.5) is 11.4 Å². The molecule has 1 aliphatic rings. The lowest BCUT2D eigenvalue weighted by Crippen LogP contribution is -2.19. The minimum Gasteiger partial charge on any atom is -0.465 e. The normalized spacial score (nSPS) is 16.1. The van der Waals surface area contributed by atoms with Gasteiger partial charge in [-0.1, -0.05) is 0 Å². The molecule has 2 heterocycles. The molecule has 0 saturated carbocycles. The van der Waals surface area contributed by atoms with E-state index in [-0.39, 0.29) is 12.0 Å². The van der Waals surface area contributed by atoms with Gasteiger partial charge in [0, 0.05) is 18.8 Å². The van der Waals surface area contributed by atoms with Gasteiger partial charge in [0.05, 0.1) is 30.7 Å². The van der Waals surface area contributed by atoms with E-state index < -0.39 is 5.97 Å². The third-order valence-corrected chi connectivity index (χ3v) is 4.12. The predicted molar refractivity (Wildman–Crippen MR) is 97.4 cm³/mol. The largest absolute Gasteiger partial charge is 0.465 e. The highest BCUT2D eigenvalue weighted by Crippen LogP contribution is 2.15. The van der Waals surface area contributed by atoms with Crippen LogP contribution in [0.15, 0.2) is 42.6 Å². The third kappa shape index (κ3) is 4.58. The van der Waals surface area contributed by atoms with Crippen LogP contribution in [0.5, 0.6) is 0 Å². The molecule has 3 rings (SSSR count). The number of carbonyl (C=O) groups excluding carboxylic acids is 2. The maximum atomic E-state index is 12.3. The monoisotopic (exact) mass is 355 g/mol. The molecule has 1 unspecified atom stereocenters. The van der Waals surface area contributed by atoms with Crippen LogP contribution < -0.4 is 10.6 Å². The Balaban J connectivity index is 1.54. The molecule has 1 amide bonds. The number of hydrogen-bond donors (Lipinski definition) is 2. The molecule has 1 saturated heterocycles. The zero-order valence-corrected chi connectivity index (χ0v) is 14.5. The molecule has 0 bridgehead atoms. The Kier molecular flexibility index (Phi) is 5.80. The van der Waals surface area contributed by atoms with Crippen molar-refractivity contribution in [3.05, 3.63) is 53.9 Å². The van der Waals surface area contributed by atoms with E-state index in [1.54, 1.807) is 36.5 Å². The first-order valence-corrected chi connectivity index (χ1v) is 8.47. The fourth-order valence-electron chi connectivity index (χ4n) is 2.67. The average molecular weight is 355 g/mol. The van der Waals surface area contributed by atoms with Crippen LogP contribution in [-0.4, -0.2) is 43.2 Å². The van der Waals surface area contributed by atoms with E-state index in [9.17, 15) is 9.59 Å². The van der Waals surface area contributed by atoms with E-state index in [0.29, 0.717) is 16.9 Å². The number of ether oxygens (including phenoxy) is 2. The van der Waals surface area contributed by atoms with Crippen LogP contribution >= 0.6 is 0 Å². The quantitative estimate of drug-likeness (QED) is 0.775. The summed E-state index contributed by atoms with van der Waals surface area (Å²) in [6.45, 7) is 1.56. The highest BCUT2D eigenvalue weighted by molar-refractivity contribution is 6.03. The van der Waals surface area contributed by atoms with Crippen molar-refractivity contribution in [1.29, 1.82) is 0 Å². The maximum Gasteiger partial charge on any atom is 0.337 e. The van der Waals surface area contributed by atoms with Gasteiger partial charge in [-0.25, -0.2) is 9.78 Å². The van der Waals surface area contributed by atoms with E-state index in [1.165, 1.54) is 7.11 Å². The van der Waals surface area contributed by atoms with E-state index >= 15 is 0 Å². The van der Waals surface area contributed by atoms with Crippen LogP contribution in [-0.2, 0) is 9.47 Å². The van der Waals surface area contributed by atoms with Gasteiger partial charge >= 0.3 is 5.97 Å². The minimum atomic E-state index is -0.421. The number of amides is 1. The van der Waals surface area contributed by atoms with Crippen LogP contribution in [0, 0.1) is 0 Å². The molecule has 0 spiro atoms. The van der Waals surface area contributed by atoms with Gasteiger partial charge in [-0.15, -0.1) is 0 Å². The number of nitrogens with zero attached hydrogens (tertiary/aromatic N) is 1. The number of esters is 1. The Morgan fingerprint density at radius 3 is 2.58 bits per heavy atom. The smallest absolute Gasteiger partial charge is 0.337 e. The topological polar surface area (TPSA) is 89.5 Å².